The van der Waals surface area contributed by atoms with Gasteiger partial charge in [0.05, 0.1) is 12.1 Å². The normalized spacial score (nSPS) is 40.5. The molecule has 0 radical (unpaired) electrons. The second-order valence-electron chi connectivity index (χ2n) is 5.35. The number of carbonyl (C=O) groups excluding carboxylic acids is 1. The summed E-state index contributed by atoms with van der Waals surface area (Å²) >= 11 is 0. The van der Waals surface area contributed by atoms with E-state index in [0.29, 0.717) is 12.5 Å². The predicted molar refractivity (Wildman–Crippen MR) is 60.1 cm³/mol. The molecule has 0 saturated carbocycles. The first-order chi connectivity index (χ1) is 7.80. The predicted octanol–water partition coefficient (Wildman–Crippen LogP) is 0.520. The Labute approximate surface area is 96.3 Å². The van der Waals surface area contributed by atoms with Gasteiger partial charge in [0.25, 0.3) is 0 Å². The average Bonchev–Trinajstić information content (AvgIpc) is 2.72. The summed E-state index contributed by atoms with van der Waals surface area (Å²) in [7, 11) is 0. The third-order valence-electron chi connectivity index (χ3n) is 4.32. The fraction of sp³-hybridized carbons (Fsp3) is 0.917. The molecular weight excluding hydrogens is 204 g/mol. The van der Waals surface area contributed by atoms with Crippen LogP contribution in [0.2, 0.25) is 0 Å². The summed E-state index contributed by atoms with van der Waals surface area (Å²) in [5.74, 6) is 0.222. The Kier molecular flexibility index (Phi) is 2.64. The lowest BCUT2D eigenvalue weighted by molar-refractivity contribution is -0.121. The molecule has 3 saturated heterocycles. The second kappa shape index (κ2) is 4.00. The summed E-state index contributed by atoms with van der Waals surface area (Å²) in [5, 5.41) is 3.07. The van der Waals surface area contributed by atoms with Crippen molar-refractivity contribution in [3.63, 3.8) is 0 Å². The quantitative estimate of drug-likeness (QED) is 0.652. The molecule has 0 bridgehead atoms. The van der Waals surface area contributed by atoms with Crippen molar-refractivity contribution in [3.05, 3.63) is 0 Å². The maximum Gasteiger partial charge on any atom is 0.221 e. The van der Waals surface area contributed by atoms with E-state index in [0.717, 1.165) is 32.7 Å². The Morgan fingerprint density at radius 1 is 1.44 bits per heavy atom. The SMILES string of the molecule is O=C1CC2CCCN2C2(CCCOC2)CN1. The average molecular weight is 224 g/mol. The van der Waals surface area contributed by atoms with Gasteiger partial charge < -0.3 is 10.1 Å². The van der Waals surface area contributed by atoms with Gasteiger partial charge in [-0.25, -0.2) is 0 Å². The van der Waals surface area contributed by atoms with Gasteiger partial charge in [0.2, 0.25) is 5.91 Å². The van der Waals surface area contributed by atoms with Gasteiger partial charge in [0.15, 0.2) is 0 Å². The number of nitrogens with zero attached hydrogens (tertiary/aromatic N) is 1. The zero-order chi connectivity index (χ0) is 11.0. The van der Waals surface area contributed by atoms with Crippen molar-refractivity contribution in [2.75, 3.05) is 26.3 Å². The first-order valence-corrected chi connectivity index (χ1v) is 6.41. The van der Waals surface area contributed by atoms with Crippen molar-refractivity contribution in [1.29, 1.82) is 0 Å². The summed E-state index contributed by atoms with van der Waals surface area (Å²) in [6, 6.07) is 0.462. The highest BCUT2D eigenvalue weighted by Crippen LogP contribution is 2.35. The van der Waals surface area contributed by atoms with Crippen LogP contribution in [0.5, 0.6) is 0 Å². The van der Waals surface area contributed by atoms with Gasteiger partial charge in [-0.2, -0.15) is 0 Å². The van der Waals surface area contributed by atoms with Crippen molar-refractivity contribution >= 4 is 5.91 Å². The van der Waals surface area contributed by atoms with E-state index >= 15 is 0 Å². The molecule has 0 aliphatic carbocycles. The van der Waals surface area contributed by atoms with Gasteiger partial charge in [-0.05, 0) is 32.2 Å². The molecule has 1 N–H and O–H groups in total. The van der Waals surface area contributed by atoms with Gasteiger partial charge in [0.1, 0.15) is 0 Å². The molecule has 3 aliphatic rings. The first kappa shape index (κ1) is 10.5. The Morgan fingerprint density at radius 3 is 3.19 bits per heavy atom. The number of amides is 1. The Balaban J connectivity index is 1.86. The molecule has 0 aromatic rings. The van der Waals surface area contributed by atoms with Crippen LogP contribution < -0.4 is 5.32 Å². The van der Waals surface area contributed by atoms with Crippen LogP contribution in [0.3, 0.4) is 0 Å². The lowest BCUT2D eigenvalue weighted by atomic mass is 9.90. The number of nitrogens with one attached hydrogen (secondary N) is 1. The van der Waals surface area contributed by atoms with Crippen LogP contribution in [-0.2, 0) is 9.53 Å². The van der Waals surface area contributed by atoms with Gasteiger partial charge in [-0.1, -0.05) is 0 Å². The molecule has 3 rings (SSSR count). The third kappa shape index (κ3) is 1.64. The highest BCUT2D eigenvalue weighted by atomic mass is 16.5. The molecule has 1 spiro atoms. The number of hydrogen-bond acceptors (Lipinski definition) is 3. The molecule has 1 amide bonds. The third-order valence-corrected chi connectivity index (χ3v) is 4.32. The smallest absolute Gasteiger partial charge is 0.221 e. The molecule has 2 unspecified atom stereocenters. The first-order valence-electron chi connectivity index (χ1n) is 6.41. The van der Waals surface area contributed by atoms with Gasteiger partial charge >= 0.3 is 0 Å². The van der Waals surface area contributed by atoms with E-state index in [-0.39, 0.29) is 11.4 Å². The zero-order valence-corrected chi connectivity index (χ0v) is 9.71. The van der Waals surface area contributed by atoms with Crippen LogP contribution in [0.1, 0.15) is 32.1 Å². The van der Waals surface area contributed by atoms with E-state index in [1.54, 1.807) is 0 Å². The Bertz CT molecular complexity index is 287. The number of rotatable bonds is 0. The van der Waals surface area contributed by atoms with E-state index in [9.17, 15) is 4.79 Å². The highest BCUT2D eigenvalue weighted by Gasteiger charge is 2.46. The Morgan fingerprint density at radius 2 is 2.38 bits per heavy atom. The lowest BCUT2D eigenvalue weighted by Gasteiger charge is -2.45. The fourth-order valence-electron chi connectivity index (χ4n) is 3.53. The van der Waals surface area contributed by atoms with Gasteiger partial charge in [0, 0.05) is 25.6 Å². The molecule has 3 aliphatic heterocycles. The van der Waals surface area contributed by atoms with E-state index in [1.165, 1.54) is 19.3 Å². The minimum Gasteiger partial charge on any atom is -0.379 e. The molecule has 3 fully saturated rings. The number of fused-ring (bicyclic) bond motifs is 2. The number of ether oxygens (including phenoxy) is 1. The van der Waals surface area contributed by atoms with E-state index in [1.807, 2.05) is 0 Å². The van der Waals surface area contributed by atoms with Crippen LogP contribution in [0, 0.1) is 0 Å². The van der Waals surface area contributed by atoms with E-state index in [2.05, 4.69) is 10.2 Å². The van der Waals surface area contributed by atoms with Crippen molar-refractivity contribution in [2.24, 2.45) is 0 Å². The summed E-state index contributed by atoms with van der Waals surface area (Å²) in [6.07, 6.45) is 5.39. The standard InChI is InChI=1S/C12H20N2O2/c15-11-7-10-3-1-5-14(10)12(8-13-11)4-2-6-16-9-12/h10H,1-9H2,(H,13,15). The van der Waals surface area contributed by atoms with Crippen LogP contribution in [0.15, 0.2) is 0 Å². The minimum atomic E-state index is 0.103. The molecule has 16 heavy (non-hydrogen) atoms. The van der Waals surface area contributed by atoms with Crippen molar-refractivity contribution in [2.45, 2.75) is 43.7 Å². The summed E-state index contributed by atoms with van der Waals surface area (Å²) < 4.78 is 5.67. The van der Waals surface area contributed by atoms with E-state index < -0.39 is 0 Å². The van der Waals surface area contributed by atoms with E-state index in [4.69, 9.17) is 4.74 Å². The summed E-state index contributed by atoms with van der Waals surface area (Å²) in [4.78, 5) is 14.2. The molecule has 3 heterocycles. The van der Waals surface area contributed by atoms with Crippen molar-refractivity contribution in [3.8, 4) is 0 Å². The fourth-order valence-corrected chi connectivity index (χ4v) is 3.53. The maximum atomic E-state index is 11.7. The monoisotopic (exact) mass is 224 g/mol. The molecule has 90 valence electrons. The summed E-state index contributed by atoms with van der Waals surface area (Å²) in [6.45, 7) is 3.60. The van der Waals surface area contributed by atoms with Crippen LogP contribution in [0.4, 0.5) is 0 Å². The van der Waals surface area contributed by atoms with Crippen LogP contribution in [0.25, 0.3) is 0 Å². The molecule has 4 heteroatoms. The largest absolute Gasteiger partial charge is 0.379 e. The van der Waals surface area contributed by atoms with Gasteiger partial charge in [-0.15, -0.1) is 0 Å². The van der Waals surface area contributed by atoms with Gasteiger partial charge in [-0.3, -0.25) is 9.69 Å². The highest BCUT2D eigenvalue weighted by molar-refractivity contribution is 5.77. The molecule has 2 atom stereocenters. The molecular formula is C12H20N2O2. The molecule has 4 nitrogen and oxygen atoms in total. The summed E-state index contributed by atoms with van der Waals surface area (Å²) in [5.41, 5.74) is 0.103. The Hall–Kier alpha value is -0.610. The van der Waals surface area contributed by atoms with Crippen LogP contribution >= 0.6 is 0 Å². The molecule has 0 aromatic heterocycles. The topological polar surface area (TPSA) is 41.6 Å². The van der Waals surface area contributed by atoms with Crippen LogP contribution in [-0.4, -0.2) is 48.7 Å². The lowest BCUT2D eigenvalue weighted by Crippen LogP contribution is -2.59. The number of hydrogen-bond donors (Lipinski definition) is 1. The molecule has 0 aromatic carbocycles. The maximum absolute atomic E-state index is 11.7. The number of carbonyl (C=O) groups is 1. The van der Waals surface area contributed by atoms with Crippen molar-refractivity contribution in [1.82, 2.24) is 10.2 Å². The minimum absolute atomic E-state index is 0.103. The zero-order valence-electron chi connectivity index (χ0n) is 9.71. The van der Waals surface area contributed by atoms with Crippen molar-refractivity contribution < 1.29 is 9.53 Å². The second-order valence-corrected chi connectivity index (χ2v) is 5.35.